The van der Waals surface area contributed by atoms with Crippen LogP contribution in [0.3, 0.4) is 0 Å². The van der Waals surface area contributed by atoms with Crippen LogP contribution in [0.1, 0.15) is 5.56 Å². The van der Waals surface area contributed by atoms with Gasteiger partial charge in [0.05, 0.1) is 0 Å². The van der Waals surface area contributed by atoms with Gasteiger partial charge in [-0.15, -0.1) is 0 Å². The minimum absolute atomic E-state index is 0.503. The number of halogens is 1. The summed E-state index contributed by atoms with van der Waals surface area (Å²) in [6.07, 6.45) is 5.23. The molecule has 0 aliphatic rings. The molecule has 0 amide bonds. The van der Waals surface area contributed by atoms with Crippen LogP contribution in [0, 0.1) is 6.92 Å². The van der Waals surface area contributed by atoms with Crippen molar-refractivity contribution in [3.63, 3.8) is 0 Å². The molecule has 0 radical (unpaired) electrons. The second kappa shape index (κ2) is 3.18. The maximum absolute atomic E-state index is 5.82. The van der Waals surface area contributed by atoms with E-state index in [1.807, 2.05) is 29.8 Å². The molecule has 0 unspecified atom stereocenters. The molecule has 0 atom stereocenters. The zero-order valence-corrected chi connectivity index (χ0v) is 7.86. The maximum Gasteiger partial charge on any atom is 0.139 e. The van der Waals surface area contributed by atoms with Gasteiger partial charge < -0.3 is 0 Å². The summed E-state index contributed by atoms with van der Waals surface area (Å²) in [6.45, 7) is 1.98. The summed E-state index contributed by atoms with van der Waals surface area (Å²) in [5, 5.41) is 0.503. The summed E-state index contributed by atoms with van der Waals surface area (Å²) in [6, 6.07) is 3.77. The molecule has 4 heteroatoms. The Hall–Kier alpha value is -1.35. The quantitative estimate of drug-likeness (QED) is 0.651. The fourth-order valence-corrected chi connectivity index (χ4v) is 1.39. The van der Waals surface area contributed by atoms with E-state index in [1.54, 1.807) is 12.5 Å². The third-order valence-corrected chi connectivity index (χ3v) is 1.89. The first kappa shape index (κ1) is 8.26. The van der Waals surface area contributed by atoms with Crippen LogP contribution in [-0.4, -0.2) is 14.5 Å². The van der Waals surface area contributed by atoms with Gasteiger partial charge in [-0.3, -0.25) is 4.57 Å². The average Bonchev–Trinajstić information content (AvgIpc) is 2.53. The van der Waals surface area contributed by atoms with E-state index in [9.17, 15) is 0 Å². The molecule has 3 nitrogen and oxygen atoms in total. The lowest BCUT2D eigenvalue weighted by molar-refractivity contribution is 0.988. The van der Waals surface area contributed by atoms with Crippen LogP contribution in [0.2, 0.25) is 5.15 Å². The fourth-order valence-electron chi connectivity index (χ4n) is 1.13. The lowest BCUT2D eigenvalue weighted by Gasteiger charge is -2.02. The van der Waals surface area contributed by atoms with Crippen LogP contribution in [0.4, 0.5) is 0 Å². The van der Waals surface area contributed by atoms with Crippen LogP contribution < -0.4 is 0 Å². The second-order valence-electron chi connectivity index (χ2n) is 2.80. The Balaban J connectivity index is 2.53. The van der Waals surface area contributed by atoms with E-state index in [0.717, 1.165) is 11.4 Å². The Morgan fingerprint density at radius 1 is 1.38 bits per heavy atom. The third kappa shape index (κ3) is 1.70. The number of nitrogens with zero attached hydrogens (tertiary/aromatic N) is 3. The fraction of sp³-hybridized carbons (Fsp3) is 0.111. The monoisotopic (exact) mass is 193 g/mol. The van der Waals surface area contributed by atoms with Gasteiger partial charge in [0.2, 0.25) is 0 Å². The van der Waals surface area contributed by atoms with Crippen molar-refractivity contribution >= 4 is 11.6 Å². The normalized spacial score (nSPS) is 10.3. The minimum Gasteiger partial charge on any atom is -0.290 e. The van der Waals surface area contributed by atoms with Crippen LogP contribution in [0.25, 0.3) is 5.82 Å². The highest BCUT2D eigenvalue weighted by atomic mass is 35.5. The van der Waals surface area contributed by atoms with E-state index >= 15 is 0 Å². The predicted octanol–water partition coefficient (Wildman–Crippen LogP) is 2.23. The van der Waals surface area contributed by atoms with E-state index < -0.39 is 0 Å². The smallest absolute Gasteiger partial charge is 0.139 e. The Morgan fingerprint density at radius 3 is 2.85 bits per heavy atom. The van der Waals surface area contributed by atoms with Crippen molar-refractivity contribution in [1.29, 1.82) is 0 Å². The Kier molecular flexibility index (Phi) is 2.02. The Labute approximate surface area is 81.0 Å². The molecule has 0 fully saturated rings. The van der Waals surface area contributed by atoms with E-state index in [4.69, 9.17) is 11.6 Å². The largest absolute Gasteiger partial charge is 0.290 e. The van der Waals surface area contributed by atoms with E-state index in [2.05, 4.69) is 9.97 Å². The van der Waals surface area contributed by atoms with Gasteiger partial charge >= 0.3 is 0 Å². The molecule has 2 heterocycles. The number of hydrogen-bond donors (Lipinski definition) is 0. The van der Waals surface area contributed by atoms with Crippen molar-refractivity contribution in [2.75, 3.05) is 0 Å². The number of rotatable bonds is 1. The van der Waals surface area contributed by atoms with Gasteiger partial charge in [-0.25, -0.2) is 9.97 Å². The van der Waals surface area contributed by atoms with E-state index in [-0.39, 0.29) is 0 Å². The Morgan fingerprint density at radius 2 is 2.23 bits per heavy atom. The molecule has 2 aromatic rings. The molecule has 0 spiro atoms. The highest BCUT2D eigenvalue weighted by Gasteiger charge is 1.99. The first-order chi connectivity index (χ1) is 6.25. The van der Waals surface area contributed by atoms with Gasteiger partial charge in [-0.2, -0.15) is 0 Å². The van der Waals surface area contributed by atoms with Gasteiger partial charge in [-0.1, -0.05) is 11.6 Å². The molecule has 13 heavy (non-hydrogen) atoms. The first-order valence-corrected chi connectivity index (χ1v) is 4.26. The molecule has 0 saturated heterocycles. The minimum atomic E-state index is 0.503. The highest BCUT2D eigenvalue weighted by Crippen LogP contribution is 2.12. The zero-order valence-electron chi connectivity index (χ0n) is 7.11. The van der Waals surface area contributed by atoms with Gasteiger partial charge in [0.15, 0.2) is 0 Å². The molecule has 0 N–H and O–H groups in total. The lowest BCUT2D eigenvalue weighted by atomic mass is 10.3. The summed E-state index contributed by atoms with van der Waals surface area (Å²) in [5.41, 5.74) is 1.09. The summed E-state index contributed by atoms with van der Waals surface area (Å²) in [7, 11) is 0. The molecule has 66 valence electrons. The second-order valence-corrected chi connectivity index (χ2v) is 3.18. The van der Waals surface area contributed by atoms with E-state index in [1.165, 1.54) is 0 Å². The van der Waals surface area contributed by atoms with Crippen LogP contribution in [-0.2, 0) is 0 Å². The third-order valence-electron chi connectivity index (χ3n) is 1.69. The van der Waals surface area contributed by atoms with Crippen LogP contribution in [0.15, 0.2) is 30.9 Å². The predicted molar refractivity (Wildman–Crippen MR) is 51.1 cm³/mol. The highest BCUT2D eigenvalue weighted by molar-refractivity contribution is 6.29. The summed E-state index contributed by atoms with van der Waals surface area (Å²) >= 11 is 5.82. The zero-order chi connectivity index (χ0) is 9.26. The van der Waals surface area contributed by atoms with E-state index in [0.29, 0.717) is 5.15 Å². The molecule has 2 aromatic heterocycles. The first-order valence-electron chi connectivity index (χ1n) is 3.88. The topological polar surface area (TPSA) is 30.7 Å². The van der Waals surface area contributed by atoms with Crippen molar-refractivity contribution < 1.29 is 0 Å². The average molecular weight is 194 g/mol. The van der Waals surface area contributed by atoms with Gasteiger partial charge in [0.1, 0.15) is 17.3 Å². The van der Waals surface area contributed by atoms with Crippen LogP contribution in [0.5, 0.6) is 0 Å². The SMILES string of the molecule is Cc1cc(Cl)nc(-n2ccnc2)c1. The molecule has 0 bridgehead atoms. The van der Waals surface area contributed by atoms with Crippen molar-refractivity contribution in [2.45, 2.75) is 6.92 Å². The standard InChI is InChI=1S/C9H8ClN3/c1-7-4-8(10)12-9(5-7)13-3-2-11-6-13/h2-6H,1H3. The van der Waals surface area contributed by atoms with Gasteiger partial charge in [0.25, 0.3) is 0 Å². The summed E-state index contributed by atoms with van der Waals surface area (Å²) in [5.74, 6) is 0.794. The number of aryl methyl sites for hydroxylation is 1. The van der Waals surface area contributed by atoms with Crippen molar-refractivity contribution in [1.82, 2.24) is 14.5 Å². The number of aromatic nitrogens is 3. The molecular weight excluding hydrogens is 186 g/mol. The summed E-state index contributed by atoms with van der Waals surface area (Å²) < 4.78 is 1.82. The van der Waals surface area contributed by atoms with Crippen molar-refractivity contribution in [2.24, 2.45) is 0 Å². The molecule has 0 aliphatic carbocycles. The molecular formula is C9H8ClN3. The number of pyridine rings is 1. The van der Waals surface area contributed by atoms with Crippen molar-refractivity contribution in [3.05, 3.63) is 41.6 Å². The van der Waals surface area contributed by atoms with Gasteiger partial charge in [0, 0.05) is 12.4 Å². The molecule has 0 aliphatic heterocycles. The van der Waals surface area contributed by atoms with Crippen LogP contribution >= 0.6 is 11.6 Å². The molecule has 2 rings (SSSR count). The Bertz CT molecular complexity index is 389. The maximum atomic E-state index is 5.82. The lowest BCUT2D eigenvalue weighted by Crippen LogP contribution is -1.94. The van der Waals surface area contributed by atoms with Gasteiger partial charge in [-0.05, 0) is 24.6 Å². The van der Waals surface area contributed by atoms with Crippen molar-refractivity contribution in [3.8, 4) is 5.82 Å². The molecule has 0 aromatic carbocycles. The number of hydrogen-bond acceptors (Lipinski definition) is 2. The number of imidazole rings is 1. The molecule has 0 saturated carbocycles. The summed E-state index contributed by atoms with van der Waals surface area (Å²) in [4.78, 5) is 8.10.